The van der Waals surface area contributed by atoms with Gasteiger partial charge in [-0.25, -0.2) is 0 Å². The zero-order valence-corrected chi connectivity index (χ0v) is 13.1. The van der Waals surface area contributed by atoms with Crippen LogP contribution in [-0.2, 0) is 16.0 Å². The summed E-state index contributed by atoms with van der Waals surface area (Å²) in [6.45, 7) is 11.6. The number of hydrogen-bond donors (Lipinski definition) is 0. The Bertz CT molecular complexity index is 307. The first kappa shape index (κ1) is 20.7. The lowest BCUT2D eigenvalue weighted by atomic mass is 9.99. The fourth-order valence-corrected chi connectivity index (χ4v) is 1.60. The van der Waals surface area contributed by atoms with Crippen LogP contribution in [0.2, 0.25) is 0 Å². The molecule has 1 aromatic rings. The second-order valence-electron chi connectivity index (χ2n) is 4.56. The van der Waals surface area contributed by atoms with Crippen molar-refractivity contribution < 1.29 is 14.3 Å². The Hall–Kier alpha value is -1.64. The standard InChI is InChI=1S/C15H24O.2CH2O/c1-4-6-11-16-15-9-7-14(8-10-15)12-13(3)5-2;2*1-2/h7-10,13H,4-6,11-12H2,1-3H3;2*1H2/t13-;;/m1../s1. The van der Waals surface area contributed by atoms with Crippen molar-refractivity contribution in [1.29, 1.82) is 0 Å². The maximum absolute atomic E-state index is 8.00. The van der Waals surface area contributed by atoms with E-state index in [1.807, 2.05) is 13.6 Å². The Morgan fingerprint density at radius 1 is 1.05 bits per heavy atom. The summed E-state index contributed by atoms with van der Waals surface area (Å²) >= 11 is 0. The summed E-state index contributed by atoms with van der Waals surface area (Å²) in [5.41, 5.74) is 1.41. The number of rotatable bonds is 7. The molecule has 1 rings (SSSR count). The number of ether oxygens (including phenoxy) is 1. The molecule has 114 valence electrons. The van der Waals surface area contributed by atoms with Gasteiger partial charge in [-0.1, -0.05) is 45.7 Å². The molecule has 20 heavy (non-hydrogen) atoms. The number of unbranched alkanes of at least 4 members (excludes halogenated alkanes) is 1. The highest BCUT2D eigenvalue weighted by molar-refractivity contribution is 5.27. The van der Waals surface area contributed by atoms with Crippen LogP contribution in [0.15, 0.2) is 24.3 Å². The summed E-state index contributed by atoms with van der Waals surface area (Å²) in [5.74, 6) is 1.77. The molecule has 0 unspecified atom stereocenters. The average Bonchev–Trinajstić information content (AvgIpc) is 2.53. The van der Waals surface area contributed by atoms with Gasteiger partial charge in [0.25, 0.3) is 0 Å². The molecule has 0 aliphatic heterocycles. The molecule has 1 aromatic carbocycles. The van der Waals surface area contributed by atoms with Crippen LogP contribution in [0.4, 0.5) is 0 Å². The van der Waals surface area contributed by atoms with Crippen molar-refractivity contribution in [1.82, 2.24) is 0 Å². The van der Waals surface area contributed by atoms with Crippen molar-refractivity contribution >= 4 is 13.6 Å². The average molecular weight is 280 g/mol. The first-order valence-corrected chi connectivity index (χ1v) is 7.05. The molecule has 3 nitrogen and oxygen atoms in total. The molecular weight excluding hydrogens is 252 g/mol. The van der Waals surface area contributed by atoms with Crippen molar-refractivity contribution in [2.75, 3.05) is 6.61 Å². The van der Waals surface area contributed by atoms with Crippen LogP contribution in [0.5, 0.6) is 5.75 Å². The lowest BCUT2D eigenvalue weighted by Crippen LogP contribution is -1.99. The summed E-state index contributed by atoms with van der Waals surface area (Å²) in [7, 11) is 0. The van der Waals surface area contributed by atoms with E-state index in [0.29, 0.717) is 0 Å². The molecule has 0 N–H and O–H groups in total. The quantitative estimate of drug-likeness (QED) is 0.707. The van der Waals surface area contributed by atoms with Gasteiger partial charge in [-0.15, -0.1) is 0 Å². The molecule has 3 heteroatoms. The largest absolute Gasteiger partial charge is 0.494 e. The van der Waals surface area contributed by atoms with Crippen LogP contribution in [0.3, 0.4) is 0 Å². The highest BCUT2D eigenvalue weighted by atomic mass is 16.5. The van der Waals surface area contributed by atoms with Crippen molar-refractivity contribution in [2.45, 2.75) is 46.5 Å². The Kier molecular flexibility index (Phi) is 15.9. The summed E-state index contributed by atoms with van der Waals surface area (Å²) in [5, 5.41) is 0. The lowest BCUT2D eigenvalue weighted by molar-refractivity contribution is -0.0987. The Morgan fingerprint density at radius 3 is 2.05 bits per heavy atom. The van der Waals surface area contributed by atoms with E-state index < -0.39 is 0 Å². The van der Waals surface area contributed by atoms with Gasteiger partial charge in [0.15, 0.2) is 0 Å². The second-order valence-corrected chi connectivity index (χ2v) is 4.56. The van der Waals surface area contributed by atoms with Crippen molar-refractivity contribution in [2.24, 2.45) is 5.92 Å². The van der Waals surface area contributed by atoms with Gasteiger partial charge in [0.1, 0.15) is 19.3 Å². The van der Waals surface area contributed by atoms with E-state index in [1.54, 1.807) is 0 Å². The van der Waals surface area contributed by atoms with Crippen LogP contribution in [-0.4, -0.2) is 20.2 Å². The van der Waals surface area contributed by atoms with Gasteiger partial charge in [0.2, 0.25) is 0 Å². The summed E-state index contributed by atoms with van der Waals surface area (Å²) in [4.78, 5) is 16.0. The highest BCUT2D eigenvalue weighted by Crippen LogP contribution is 2.16. The van der Waals surface area contributed by atoms with E-state index in [2.05, 4.69) is 45.0 Å². The zero-order chi connectivity index (χ0) is 15.8. The molecular formula is C17H28O3. The highest BCUT2D eigenvalue weighted by Gasteiger charge is 2.01. The molecule has 0 radical (unpaired) electrons. The maximum Gasteiger partial charge on any atom is 0.119 e. The number of hydrogen-bond acceptors (Lipinski definition) is 3. The van der Waals surface area contributed by atoms with Gasteiger partial charge in [-0.2, -0.15) is 0 Å². The normalized spacial score (nSPS) is 10.3. The van der Waals surface area contributed by atoms with Crippen molar-refractivity contribution in [3.63, 3.8) is 0 Å². The minimum Gasteiger partial charge on any atom is -0.494 e. The number of benzene rings is 1. The fraction of sp³-hybridized carbons (Fsp3) is 0.529. The Balaban J connectivity index is 0. The van der Waals surface area contributed by atoms with Gasteiger partial charge in [-0.05, 0) is 36.5 Å². The number of carbonyl (C=O) groups is 2. The van der Waals surface area contributed by atoms with Crippen molar-refractivity contribution in [3.8, 4) is 5.75 Å². The third kappa shape index (κ3) is 10.3. The molecule has 0 bridgehead atoms. The first-order valence-electron chi connectivity index (χ1n) is 7.05. The van der Waals surface area contributed by atoms with Crippen LogP contribution in [0, 0.1) is 5.92 Å². The van der Waals surface area contributed by atoms with E-state index in [0.717, 1.165) is 24.7 Å². The molecule has 1 atom stereocenters. The van der Waals surface area contributed by atoms with E-state index in [4.69, 9.17) is 14.3 Å². The summed E-state index contributed by atoms with van der Waals surface area (Å²) < 4.78 is 5.63. The molecule has 0 spiro atoms. The Labute approximate surface area is 123 Å². The monoisotopic (exact) mass is 280 g/mol. The first-order chi connectivity index (χ1) is 9.76. The zero-order valence-electron chi connectivity index (χ0n) is 13.1. The van der Waals surface area contributed by atoms with Gasteiger partial charge < -0.3 is 14.3 Å². The molecule has 0 aromatic heterocycles. The molecule has 0 fully saturated rings. The van der Waals surface area contributed by atoms with Gasteiger partial charge in [0.05, 0.1) is 6.61 Å². The summed E-state index contributed by atoms with van der Waals surface area (Å²) in [6, 6.07) is 8.56. The third-order valence-electron chi connectivity index (χ3n) is 2.97. The van der Waals surface area contributed by atoms with Crippen LogP contribution < -0.4 is 4.74 Å². The predicted molar refractivity (Wildman–Crippen MR) is 84.2 cm³/mol. The Morgan fingerprint density at radius 2 is 1.60 bits per heavy atom. The molecule has 0 aliphatic rings. The molecule has 0 amide bonds. The lowest BCUT2D eigenvalue weighted by Gasteiger charge is -2.09. The summed E-state index contributed by atoms with van der Waals surface area (Å²) in [6.07, 6.45) is 4.74. The number of carbonyl (C=O) groups excluding carboxylic acids is 2. The molecule has 0 saturated heterocycles. The van der Waals surface area contributed by atoms with Gasteiger partial charge in [0, 0.05) is 0 Å². The third-order valence-corrected chi connectivity index (χ3v) is 2.97. The molecule has 0 aliphatic carbocycles. The maximum atomic E-state index is 8.00. The van der Waals surface area contributed by atoms with Crippen LogP contribution in [0.25, 0.3) is 0 Å². The molecule has 0 saturated carbocycles. The van der Waals surface area contributed by atoms with E-state index >= 15 is 0 Å². The minimum absolute atomic E-state index is 0.770. The van der Waals surface area contributed by atoms with Crippen LogP contribution >= 0.6 is 0 Å². The predicted octanol–water partition coefficient (Wildman–Crippen LogP) is 4.08. The van der Waals surface area contributed by atoms with Gasteiger partial charge >= 0.3 is 0 Å². The van der Waals surface area contributed by atoms with Crippen LogP contribution in [0.1, 0.15) is 45.6 Å². The van der Waals surface area contributed by atoms with Crippen molar-refractivity contribution in [3.05, 3.63) is 29.8 Å². The fourth-order valence-electron chi connectivity index (χ4n) is 1.60. The topological polar surface area (TPSA) is 43.4 Å². The van der Waals surface area contributed by atoms with E-state index in [9.17, 15) is 0 Å². The van der Waals surface area contributed by atoms with Gasteiger partial charge in [-0.3, -0.25) is 0 Å². The minimum atomic E-state index is 0.770. The molecule has 0 heterocycles. The second kappa shape index (κ2) is 15.4. The van der Waals surface area contributed by atoms with E-state index in [1.165, 1.54) is 24.8 Å². The van der Waals surface area contributed by atoms with E-state index in [-0.39, 0.29) is 0 Å². The SMILES string of the molecule is C=O.C=O.CCCCOc1ccc(C[C@H](C)CC)cc1. The smallest absolute Gasteiger partial charge is 0.119 e.